The van der Waals surface area contributed by atoms with Crippen LogP contribution in [0.4, 0.5) is 5.82 Å². The molecule has 5 rings (SSSR count). The number of fused-ring (bicyclic) bond motifs is 1. The molecule has 0 bridgehead atoms. The van der Waals surface area contributed by atoms with E-state index in [9.17, 15) is 9.59 Å². The Hall–Kier alpha value is -3.94. The lowest BCUT2D eigenvalue weighted by atomic mass is 10.1. The van der Waals surface area contributed by atoms with Gasteiger partial charge in [-0.1, -0.05) is 18.2 Å². The van der Waals surface area contributed by atoms with Crippen molar-refractivity contribution in [3.63, 3.8) is 0 Å². The second kappa shape index (κ2) is 7.71. The van der Waals surface area contributed by atoms with Crippen LogP contribution in [0, 0.1) is 6.92 Å². The summed E-state index contributed by atoms with van der Waals surface area (Å²) in [5.74, 6) is 0.817. The summed E-state index contributed by atoms with van der Waals surface area (Å²) in [5, 5.41) is 6.06. The highest BCUT2D eigenvalue weighted by Crippen LogP contribution is 2.21. The molecular formula is C23H22N6O2. The van der Waals surface area contributed by atoms with E-state index in [2.05, 4.69) is 25.6 Å². The van der Waals surface area contributed by atoms with Crippen molar-refractivity contribution in [2.45, 2.75) is 32.4 Å². The molecule has 8 heteroatoms. The lowest BCUT2D eigenvalue weighted by Crippen LogP contribution is -2.26. The van der Waals surface area contributed by atoms with Gasteiger partial charge in [0, 0.05) is 24.0 Å². The van der Waals surface area contributed by atoms with Crippen LogP contribution in [0.2, 0.25) is 0 Å². The molecule has 1 aliphatic carbocycles. The standard InChI is InChI=1S/C23H22N6O2/c1-14-6-7-15(22(30)26-16-8-9-16)12-19(14)29-11-10-24-21(23(29)31)25-13-20-27-17-4-2-3-5-18(17)28-20/h2-7,10-12,16H,8-9,13H2,1H3,(H,24,25)(H,26,30)(H,27,28). The quantitative estimate of drug-likeness (QED) is 0.450. The molecule has 4 aromatic rings. The summed E-state index contributed by atoms with van der Waals surface area (Å²) in [6.07, 6.45) is 5.22. The first-order valence-electron chi connectivity index (χ1n) is 10.3. The summed E-state index contributed by atoms with van der Waals surface area (Å²) in [6, 6.07) is 13.4. The summed E-state index contributed by atoms with van der Waals surface area (Å²) in [7, 11) is 0. The molecule has 0 radical (unpaired) electrons. The van der Waals surface area contributed by atoms with E-state index >= 15 is 0 Å². The monoisotopic (exact) mass is 414 g/mol. The number of aromatic nitrogens is 4. The molecule has 0 aliphatic heterocycles. The van der Waals surface area contributed by atoms with E-state index in [0.717, 1.165) is 29.4 Å². The van der Waals surface area contributed by atoms with E-state index in [1.807, 2.05) is 37.3 Å². The van der Waals surface area contributed by atoms with Crippen LogP contribution in [0.5, 0.6) is 0 Å². The number of amides is 1. The van der Waals surface area contributed by atoms with Gasteiger partial charge in [0.05, 0.1) is 23.3 Å². The van der Waals surface area contributed by atoms with Crippen LogP contribution in [0.1, 0.15) is 34.6 Å². The highest BCUT2D eigenvalue weighted by molar-refractivity contribution is 5.95. The normalized spacial score (nSPS) is 13.3. The van der Waals surface area contributed by atoms with Gasteiger partial charge in [-0.2, -0.15) is 0 Å². The predicted molar refractivity (Wildman–Crippen MR) is 118 cm³/mol. The maximum Gasteiger partial charge on any atom is 0.297 e. The van der Waals surface area contributed by atoms with Gasteiger partial charge < -0.3 is 15.6 Å². The van der Waals surface area contributed by atoms with E-state index < -0.39 is 0 Å². The van der Waals surface area contributed by atoms with Gasteiger partial charge in [0.2, 0.25) is 0 Å². The number of carbonyl (C=O) groups is 1. The number of imidazole rings is 1. The number of rotatable bonds is 6. The van der Waals surface area contributed by atoms with Crippen molar-refractivity contribution >= 4 is 22.8 Å². The second-order valence-electron chi connectivity index (χ2n) is 7.75. The van der Waals surface area contributed by atoms with E-state index in [1.165, 1.54) is 4.57 Å². The lowest BCUT2D eigenvalue weighted by molar-refractivity contribution is 0.0951. The van der Waals surface area contributed by atoms with Gasteiger partial charge in [0.25, 0.3) is 11.5 Å². The lowest BCUT2D eigenvalue weighted by Gasteiger charge is -2.13. The molecule has 1 amide bonds. The summed E-state index contributed by atoms with van der Waals surface area (Å²) < 4.78 is 1.51. The molecular weight excluding hydrogens is 392 g/mol. The molecule has 2 aromatic heterocycles. The van der Waals surface area contributed by atoms with Gasteiger partial charge in [-0.05, 0) is 49.6 Å². The Morgan fingerprint density at radius 3 is 2.87 bits per heavy atom. The van der Waals surface area contributed by atoms with Crippen molar-refractivity contribution in [1.82, 2.24) is 24.8 Å². The van der Waals surface area contributed by atoms with Crippen LogP contribution in [-0.4, -0.2) is 31.5 Å². The Balaban J connectivity index is 1.41. The average Bonchev–Trinajstić information content (AvgIpc) is 3.49. The van der Waals surface area contributed by atoms with E-state index in [1.54, 1.807) is 24.5 Å². The summed E-state index contributed by atoms with van der Waals surface area (Å²) in [5.41, 5.74) is 3.60. The SMILES string of the molecule is Cc1ccc(C(=O)NC2CC2)cc1-n1ccnc(NCc2nc3ccccc3[nH]2)c1=O. The number of H-pyrrole nitrogens is 1. The molecule has 2 heterocycles. The van der Waals surface area contributed by atoms with Crippen LogP contribution < -0.4 is 16.2 Å². The van der Waals surface area contributed by atoms with E-state index in [4.69, 9.17) is 0 Å². The zero-order chi connectivity index (χ0) is 21.4. The molecule has 31 heavy (non-hydrogen) atoms. The number of hydrogen-bond donors (Lipinski definition) is 3. The molecule has 1 saturated carbocycles. The van der Waals surface area contributed by atoms with E-state index in [0.29, 0.717) is 23.6 Å². The van der Waals surface area contributed by atoms with Gasteiger partial charge in [-0.25, -0.2) is 9.97 Å². The fourth-order valence-electron chi connectivity index (χ4n) is 3.49. The number of benzene rings is 2. The minimum atomic E-state index is -0.290. The van der Waals surface area contributed by atoms with Crippen LogP contribution in [0.3, 0.4) is 0 Å². The Bertz CT molecular complexity index is 1300. The molecule has 3 N–H and O–H groups in total. The maximum atomic E-state index is 13.1. The number of nitrogens with zero attached hydrogens (tertiary/aromatic N) is 3. The first kappa shape index (κ1) is 19.0. The number of para-hydroxylation sites is 2. The Morgan fingerprint density at radius 1 is 1.23 bits per heavy atom. The number of aryl methyl sites for hydroxylation is 1. The van der Waals surface area contributed by atoms with Gasteiger partial charge in [0.15, 0.2) is 5.82 Å². The highest BCUT2D eigenvalue weighted by Gasteiger charge is 2.24. The van der Waals surface area contributed by atoms with Crippen molar-refractivity contribution in [2.24, 2.45) is 0 Å². The second-order valence-corrected chi connectivity index (χ2v) is 7.75. The molecule has 0 unspecified atom stereocenters. The van der Waals surface area contributed by atoms with Crippen molar-refractivity contribution in [2.75, 3.05) is 5.32 Å². The number of aromatic amines is 1. The van der Waals surface area contributed by atoms with Crippen LogP contribution in [0.15, 0.2) is 59.7 Å². The minimum Gasteiger partial charge on any atom is -0.358 e. The number of nitrogens with one attached hydrogen (secondary N) is 3. The third-order valence-electron chi connectivity index (χ3n) is 5.35. The van der Waals surface area contributed by atoms with Crippen molar-refractivity contribution < 1.29 is 4.79 Å². The van der Waals surface area contributed by atoms with E-state index in [-0.39, 0.29) is 23.3 Å². The molecule has 156 valence electrons. The predicted octanol–water partition coefficient (Wildman–Crippen LogP) is 2.92. The highest BCUT2D eigenvalue weighted by atomic mass is 16.2. The number of anilines is 1. The third kappa shape index (κ3) is 3.92. The molecule has 0 saturated heterocycles. The summed E-state index contributed by atoms with van der Waals surface area (Å²) in [6.45, 7) is 2.25. The van der Waals surface area contributed by atoms with Gasteiger partial charge in [0.1, 0.15) is 5.82 Å². The first-order chi connectivity index (χ1) is 15.1. The van der Waals surface area contributed by atoms with Gasteiger partial charge in [-0.15, -0.1) is 0 Å². The third-order valence-corrected chi connectivity index (χ3v) is 5.35. The molecule has 1 fully saturated rings. The summed E-state index contributed by atoms with van der Waals surface area (Å²) >= 11 is 0. The summed E-state index contributed by atoms with van der Waals surface area (Å²) in [4.78, 5) is 37.5. The Labute approximate surface area is 178 Å². The molecule has 2 aromatic carbocycles. The molecule has 8 nitrogen and oxygen atoms in total. The number of hydrogen-bond acceptors (Lipinski definition) is 5. The Morgan fingerprint density at radius 2 is 2.06 bits per heavy atom. The minimum absolute atomic E-state index is 0.117. The smallest absolute Gasteiger partial charge is 0.297 e. The largest absolute Gasteiger partial charge is 0.358 e. The van der Waals surface area contributed by atoms with Crippen molar-refractivity contribution in [3.8, 4) is 5.69 Å². The maximum absolute atomic E-state index is 13.1. The van der Waals surface area contributed by atoms with Crippen LogP contribution >= 0.6 is 0 Å². The zero-order valence-electron chi connectivity index (χ0n) is 17.1. The molecule has 0 spiro atoms. The first-order valence-corrected chi connectivity index (χ1v) is 10.3. The van der Waals surface area contributed by atoms with Crippen molar-refractivity contribution in [3.05, 3.63) is 82.2 Å². The zero-order valence-corrected chi connectivity index (χ0v) is 17.1. The van der Waals surface area contributed by atoms with Gasteiger partial charge in [-0.3, -0.25) is 14.2 Å². The van der Waals surface area contributed by atoms with Gasteiger partial charge >= 0.3 is 0 Å². The Kier molecular flexibility index (Phi) is 4.74. The molecule has 1 aliphatic rings. The van der Waals surface area contributed by atoms with Crippen molar-refractivity contribution in [1.29, 1.82) is 0 Å². The topological polar surface area (TPSA) is 105 Å². The van der Waals surface area contributed by atoms with Crippen LogP contribution in [0.25, 0.3) is 16.7 Å². The number of carbonyl (C=O) groups excluding carboxylic acids is 1. The molecule has 0 atom stereocenters. The average molecular weight is 414 g/mol. The fourth-order valence-corrected chi connectivity index (χ4v) is 3.49. The van der Waals surface area contributed by atoms with Crippen LogP contribution in [-0.2, 0) is 6.54 Å². The fraction of sp³-hybridized carbons (Fsp3) is 0.217.